The Morgan fingerprint density at radius 2 is 1.48 bits per heavy atom. The summed E-state index contributed by atoms with van der Waals surface area (Å²) in [7, 11) is 0. The van der Waals surface area contributed by atoms with Gasteiger partial charge < -0.3 is 29.4 Å². The zero-order valence-electron chi connectivity index (χ0n) is 22.2. The largest absolute Gasteiger partial charge is 0.463 e. The normalized spacial score (nSPS) is 21.9. The Morgan fingerprint density at radius 3 is 2.00 bits per heavy atom. The Hall–Kier alpha value is -4.02. The van der Waals surface area contributed by atoms with Crippen molar-refractivity contribution in [2.24, 2.45) is 0 Å². The summed E-state index contributed by atoms with van der Waals surface area (Å²) in [5, 5.41) is 9.73. The van der Waals surface area contributed by atoms with Gasteiger partial charge in [-0.25, -0.2) is 4.98 Å². The standard InChI is InChI=1S/C27H28BrN3O9/c1-13(32)36-12-23-25(38-15(3)34)26(39-16(4)35)24(37-14(2)33)22(40-23)10-19-9-20(21(11-29)27(30)31-19)17-5-7-18(28)8-6-17/h5-9,22-26H,10,12H2,1-4H3,(H2,30,31)/t22-,23+,24-,25+,26+/m0/s1. The molecular formula is C27H28BrN3O9. The van der Waals surface area contributed by atoms with E-state index in [4.69, 9.17) is 29.4 Å². The number of hydrogen-bond acceptors (Lipinski definition) is 12. The molecule has 40 heavy (non-hydrogen) atoms. The molecular weight excluding hydrogens is 590 g/mol. The molecule has 0 aliphatic carbocycles. The van der Waals surface area contributed by atoms with Crippen LogP contribution in [0, 0.1) is 11.3 Å². The highest BCUT2D eigenvalue weighted by Gasteiger charge is 2.52. The van der Waals surface area contributed by atoms with Crippen molar-refractivity contribution in [2.45, 2.75) is 64.6 Å². The summed E-state index contributed by atoms with van der Waals surface area (Å²) >= 11 is 3.39. The minimum atomic E-state index is -1.30. The Labute approximate surface area is 238 Å². The number of anilines is 1. The van der Waals surface area contributed by atoms with E-state index < -0.39 is 54.4 Å². The van der Waals surface area contributed by atoms with Gasteiger partial charge in [0.25, 0.3) is 0 Å². The second-order valence-electron chi connectivity index (χ2n) is 8.98. The summed E-state index contributed by atoms with van der Waals surface area (Å²) in [6, 6.07) is 11.0. The van der Waals surface area contributed by atoms with Gasteiger partial charge in [-0.1, -0.05) is 28.1 Å². The summed E-state index contributed by atoms with van der Waals surface area (Å²) in [6.45, 7) is 4.31. The average Bonchev–Trinajstić information content (AvgIpc) is 2.85. The summed E-state index contributed by atoms with van der Waals surface area (Å²) < 4.78 is 28.5. The van der Waals surface area contributed by atoms with Crippen LogP contribution < -0.4 is 5.73 Å². The predicted molar refractivity (Wildman–Crippen MR) is 142 cm³/mol. The summed E-state index contributed by atoms with van der Waals surface area (Å²) in [4.78, 5) is 52.0. The molecule has 0 saturated carbocycles. The van der Waals surface area contributed by atoms with E-state index >= 15 is 0 Å². The Balaban J connectivity index is 2.08. The number of carbonyl (C=O) groups excluding carboxylic acids is 4. The monoisotopic (exact) mass is 617 g/mol. The highest BCUT2D eigenvalue weighted by atomic mass is 79.9. The first-order valence-electron chi connectivity index (χ1n) is 12.2. The first-order chi connectivity index (χ1) is 18.9. The van der Waals surface area contributed by atoms with Gasteiger partial charge in [0.15, 0.2) is 18.3 Å². The second kappa shape index (κ2) is 13.4. The number of hydrogen-bond donors (Lipinski definition) is 1. The van der Waals surface area contributed by atoms with E-state index in [0.717, 1.165) is 25.2 Å². The highest BCUT2D eigenvalue weighted by molar-refractivity contribution is 9.10. The van der Waals surface area contributed by atoms with Crippen LogP contribution in [0.2, 0.25) is 0 Å². The van der Waals surface area contributed by atoms with Gasteiger partial charge in [0.1, 0.15) is 36.3 Å². The van der Waals surface area contributed by atoms with E-state index in [1.165, 1.54) is 6.92 Å². The van der Waals surface area contributed by atoms with Gasteiger partial charge in [-0.05, 0) is 23.8 Å². The van der Waals surface area contributed by atoms with Crippen molar-refractivity contribution in [2.75, 3.05) is 12.3 Å². The van der Waals surface area contributed by atoms with Gasteiger partial charge in [-0.3, -0.25) is 19.2 Å². The zero-order chi connectivity index (χ0) is 29.6. The number of nitrogens with two attached hydrogens (primary N) is 1. The molecule has 1 aliphatic rings. The quantitative estimate of drug-likeness (QED) is 0.339. The number of nitrogen functional groups attached to an aromatic ring is 1. The molecule has 1 aliphatic heterocycles. The molecule has 0 spiro atoms. The molecule has 5 atom stereocenters. The van der Waals surface area contributed by atoms with Crippen LogP contribution in [0.3, 0.4) is 0 Å². The number of nitriles is 1. The molecule has 0 bridgehead atoms. The van der Waals surface area contributed by atoms with Crippen molar-refractivity contribution < 1.29 is 42.9 Å². The molecule has 13 heteroatoms. The van der Waals surface area contributed by atoms with Crippen LogP contribution in [0.1, 0.15) is 39.0 Å². The SMILES string of the molecule is CC(=O)OC[C@H]1O[C@@H](Cc2cc(-c3ccc(Br)cc3)c(C#N)c(N)n2)[C@H](OC(C)=O)[C@@H](OC(C)=O)[C@@H]1OC(C)=O. The third-order valence-corrected chi connectivity index (χ3v) is 6.39. The van der Waals surface area contributed by atoms with Crippen molar-refractivity contribution in [1.82, 2.24) is 4.98 Å². The number of benzene rings is 1. The van der Waals surface area contributed by atoms with E-state index in [1.54, 1.807) is 18.2 Å². The molecule has 212 valence electrons. The van der Waals surface area contributed by atoms with E-state index in [2.05, 4.69) is 27.0 Å². The number of pyridine rings is 1. The molecule has 1 aromatic heterocycles. The minimum Gasteiger partial charge on any atom is -0.463 e. The van der Waals surface area contributed by atoms with Crippen LogP contribution in [-0.2, 0) is 49.3 Å². The minimum absolute atomic E-state index is 0.0245. The summed E-state index contributed by atoms with van der Waals surface area (Å²) in [6.07, 6.45) is -5.94. The topological polar surface area (TPSA) is 177 Å². The molecule has 2 N–H and O–H groups in total. The van der Waals surface area contributed by atoms with Crippen LogP contribution >= 0.6 is 15.9 Å². The maximum atomic E-state index is 12.1. The molecule has 3 rings (SSSR count). The number of halogens is 1. The lowest BCUT2D eigenvalue weighted by atomic mass is 9.91. The fourth-order valence-electron chi connectivity index (χ4n) is 4.39. The maximum absolute atomic E-state index is 12.1. The maximum Gasteiger partial charge on any atom is 0.303 e. The first-order valence-corrected chi connectivity index (χ1v) is 12.9. The Kier molecular flexibility index (Phi) is 10.2. The molecule has 2 aromatic rings. The lowest BCUT2D eigenvalue weighted by Crippen LogP contribution is -2.62. The third-order valence-electron chi connectivity index (χ3n) is 5.86. The number of nitrogens with zero attached hydrogens (tertiary/aromatic N) is 2. The van der Waals surface area contributed by atoms with Crippen LogP contribution in [-0.4, -0.2) is 66.0 Å². The number of rotatable bonds is 8. The van der Waals surface area contributed by atoms with Gasteiger partial charge in [0.2, 0.25) is 0 Å². The second-order valence-corrected chi connectivity index (χ2v) is 9.90. The average molecular weight is 618 g/mol. The van der Waals surface area contributed by atoms with Crippen molar-refractivity contribution in [3.8, 4) is 17.2 Å². The summed E-state index contributed by atoms with van der Waals surface area (Å²) in [5.41, 5.74) is 7.91. The molecule has 0 amide bonds. The number of ether oxygens (including phenoxy) is 5. The fraction of sp³-hybridized carbons (Fsp3) is 0.407. The molecule has 1 fully saturated rings. The molecule has 0 radical (unpaired) electrons. The van der Waals surface area contributed by atoms with Gasteiger partial charge in [-0.2, -0.15) is 5.26 Å². The summed E-state index contributed by atoms with van der Waals surface area (Å²) in [5.74, 6) is -2.81. The molecule has 1 aromatic carbocycles. The van der Waals surface area contributed by atoms with Crippen LogP contribution in [0.15, 0.2) is 34.8 Å². The zero-order valence-corrected chi connectivity index (χ0v) is 23.8. The third kappa shape index (κ3) is 7.77. The van der Waals surface area contributed by atoms with Crippen molar-refractivity contribution >= 4 is 45.6 Å². The molecule has 1 saturated heterocycles. The van der Waals surface area contributed by atoms with Crippen molar-refractivity contribution in [3.05, 3.63) is 46.1 Å². The Morgan fingerprint density at radius 1 is 0.925 bits per heavy atom. The Bertz CT molecular complexity index is 1330. The van der Waals surface area contributed by atoms with Gasteiger partial charge in [0, 0.05) is 49.8 Å². The lowest BCUT2D eigenvalue weighted by molar-refractivity contribution is -0.252. The predicted octanol–water partition coefficient (Wildman–Crippen LogP) is 2.63. The number of carbonyl (C=O) groups is 4. The van der Waals surface area contributed by atoms with E-state index in [0.29, 0.717) is 16.8 Å². The van der Waals surface area contributed by atoms with Gasteiger partial charge in [-0.15, -0.1) is 0 Å². The lowest BCUT2D eigenvalue weighted by Gasteiger charge is -2.44. The van der Waals surface area contributed by atoms with Crippen molar-refractivity contribution in [1.29, 1.82) is 5.26 Å². The number of esters is 4. The first kappa shape index (κ1) is 30.5. The van der Waals surface area contributed by atoms with Crippen LogP contribution in [0.5, 0.6) is 0 Å². The van der Waals surface area contributed by atoms with Gasteiger partial charge >= 0.3 is 23.9 Å². The fourth-order valence-corrected chi connectivity index (χ4v) is 4.65. The van der Waals surface area contributed by atoms with Crippen molar-refractivity contribution in [3.63, 3.8) is 0 Å². The smallest absolute Gasteiger partial charge is 0.303 e. The number of aromatic nitrogens is 1. The molecule has 12 nitrogen and oxygen atoms in total. The molecule has 0 unspecified atom stereocenters. The molecule has 2 heterocycles. The van der Waals surface area contributed by atoms with Gasteiger partial charge in [0.05, 0.1) is 0 Å². The van der Waals surface area contributed by atoms with Crippen LogP contribution in [0.4, 0.5) is 5.82 Å². The van der Waals surface area contributed by atoms with E-state index in [9.17, 15) is 24.4 Å². The van der Waals surface area contributed by atoms with Crippen LogP contribution in [0.25, 0.3) is 11.1 Å². The van der Waals surface area contributed by atoms with E-state index in [1.807, 2.05) is 12.1 Å². The highest BCUT2D eigenvalue weighted by Crippen LogP contribution is 2.33. The van der Waals surface area contributed by atoms with E-state index in [-0.39, 0.29) is 24.4 Å².